The molecular weight excluding hydrogens is 420 g/mol. The maximum absolute atomic E-state index is 6.35. The van der Waals surface area contributed by atoms with E-state index in [9.17, 15) is 0 Å². The molecule has 0 bridgehead atoms. The van der Waals surface area contributed by atoms with E-state index in [1.54, 1.807) is 0 Å². The number of hydrogen-bond acceptors (Lipinski definition) is 5. The third kappa shape index (κ3) is 5.03. The molecule has 1 aliphatic rings. The highest BCUT2D eigenvalue weighted by Gasteiger charge is 2.28. The molecule has 3 aromatic rings. The molecule has 5 N–H and O–H groups in total. The van der Waals surface area contributed by atoms with Crippen molar-refractivity contribution in [3.05, 3.63) is 66.1 Å². The Morgan fingerprint density at radius 2 is 1.24 bits per heavy atom. The van der Waals surface area contributed by atoms with Crippen LogP contribution in [0.4, 0.5) is 0 Å². The highest BCUT2D eigenvalue weighted by molar-refractivity contribution is 6.14. The number of aliphatic imine (C=N–C) groups is 2. The van der Waals surface area contributed by atoms with E-state index in [-0.39, 0.29) is 22.9 Å². The maximum Gasteiger partial charge on any atom is 0.141 e. The van der Waals surface area contributed by atoms with Crippen LogP contribution in [0.25, 0.3) is 22.4 Å². The minimum atomic E-state index is -0.169. The van der Waals surface area contributed by atoms with Crippen molar-refractivity contribution in [2.45, 2.75) is 53.6 Å². The third-order valence-corrected chi connectivity index (χ3v) is 6.42. The number of amidine groups is 1. The van der Waals surface area contributed by atoms with Gasteiger partial charge >= 0.3 is 0 Å². The number of aromatic amines is 1. The van der Waals surface area contributed by atoms with Crippen molar-refractivity contribution in [1.29, 1.82) is 0 Å². The molecule has 0 amide bonds. The second kappa shape index (κ2) is 8.93. The molecule has 4 rings (SSSR count). The van der Waals surface area contributed by atoms with Crippen molar-refractivity contribution in [3.8, 4) is 22.4 Å². The first-order chi connectivity index (χ1) is 15.9. The van der Waals surface area contributed by atoms with E-state index in [4.69, 9.17) is 16.5 Å². The quantitative estimate of drug-likeness (QED) is 0.481. The molecule has 0 aliphatic carbocycles. The zero-order valence-corrected chi connectivity index (χ0v) is 21.1. The molecule has 6 heteroatoms. The SMILES string of the molecule is CC(C)(C)[C@H](N)C1=NCC(c2ccc(-c3ccc(-c4cnc([C@@H](N)C(C)(C)C)[nH]4)cc3)cc2)=N1. The van der Waals surface area contributed by atoms with Crippen LogP contribution in [0, 0.1) is 10.8 Å². The molecule has 2 aromatic carbocycles. The van der Waals surface area contributed by atoms with Crippen LogP contribution >= 0.6 is 0 Å². The number of hydrogen-bond donors (Lipinski definition) is 3. The van der Waals surface area contributed by atoms with Crippen molar-refractivity contribution in [3.63, 3.8) is 0 Å². The molecule has 34 heavy (non-hydrogen) atoms. The molecule has 0 spiro atoms. The summed E-state index contributed by atoms with van der Waals surface area (Å²) in [5.74, 6) is 1.56. The van der Waals surface area contributed by atoms with E-state index in [0.717, 1.165) is 45.3 Å². The summed E-state index contributed by atoms with van der Waals surface area (Å²) < 4.78 is 0. The van der Waals surface area contributed by atoms with Crippen LogP contribution in [-0.4, -0.2) is 34.1 Å². The van der Waals surface area contributed by atoms with Crippen molar-refractivity contribution < 1.29 is 0 Å². The number of H-pyrrole nitrogens is 1. The van der Waals surface area contributed by atoms with Gasteiger partial charge in [0.2, 0.25) is 0 Å². The van der Waals surface area contributed by atoms with Gasteiger partial charge < -0.3 is 16.5 Å². The monoisotopic (exact) mass is 456 g/mol. The molecule has 6 nitrogen and oxygen atoms in total. The maximum atomic E-state index is 6.35. The number of nitrogens with zero attached hydrogens (tertiary/aromatic N) is 3. The Balaban J connectivity index is 1.47. The summed E-state index contributed by atoms with van der Waals surface area (Å²) in [7, 11) is 0. The summed E-state index contributed by atoms with van der Waals surface area (Å²) in [6, 6.07) is 16.6. The lowest BCUT2D eigenvalue weighted by molar-refractivity contribution is 0.317. The van der Waals surface area contributed by atoms with Gasteiger partial charge in [-0.1, -0.05) is 90.1 Å². The normalized spacial score (nSPS) is 16.2. The fraction of sp³-hybridized carbons (Fsp3) is 0.393. The summed E-state index contributed by atoms with van der Waals surface area (Å²) >= 11 is 0. The largest absolute Gasteiger partial charge is 0.341 e. The highest BCUT2D eigenvalue weighted by Crippen LogP contribution is 2.31. The molecule has 178 valence electrons. The first-order valence-corrected chi connectivity index (χ1v) is 11.8. The van der Waals surface area contributed by atoms with E-state index in [1.807, 2.05) is 6.20 Å². The van der Waals surface area contributed by atoms with Gasteiger partial charge in [0, 0.05) is 0 Å². The average Bonchev–Trinajstić information content (AvgIpc) is 3.47. The molecule has 0 saturated carbocycles. The van der Waals surface area contributed by atoms with Crippen LogP contribution < -0.4 is 11.5 Å². The lowest BCUT2D eigenvalue weighted by Crippen LogP contribution is -2.41. The van der Waals surface area contributed by atoms with Crippen LogP contribution in [-0.2, 0) is 0 Å². The predicted molar refractivity (Wildman–Crippen MR) is 142 cm³/mol. The topological polar surface area (TPSA) is 105 Å². The zero-order valence-electron chi connectivity index (χ0n) is 21.1. The molecule has 0 unspecified atom stereocenters. The fourth-order valence-electron chi connectivity index (χ4n) is 3.82. The van der Waals surface area contributed by atoms with E-state index in [2.05, 4.69) is 105 Å². The van der Waals surface area contributed by atoms with Gasteiger partial charge in [0.05, 0.1) is 36.2 Å². The Morgan fingerprint density at radius 1 is 0.735 bits per heavy atom. The van der Waals surface area contributed by atoms with Crippen molar-refractivity contribution in [2.24, 2.45) is 32.3 Å². The second-order valence-corrected chi connectivity index (χ2v) is 11.3. The summed E-state index contributed by atoms with van der Waals surface area (Å²) in [6.07, 6.45) is 1.86. The van der Waals surface area contributed by atoms with Crippen molar-refractivity contribution in [1.82, 2.24) is 9.97 Å². The van der Waals surface area contributed by atoms with Crippen LogP contribution in [0.3, 0.4) is 0 Å². The highest BCUT2D eigenvalue weighted by atomic mass is 15.0. The molecule has 2 heterocycles. The van der Waals surface area contributed by atoms with Gasteiger partial charge in [0.15, 0.2) is 0 Å². The molecule has 1 aliphatic heterocycles. The summed E-state index contributed by atoms with van der Waals surface area (Å²) in [5, 5.41) is 0. The summed E-state index contributed by atoms with van der Waals surface area (Å²) in [4.78, 5) is 17.2. The molecular formula is C28H36N6. The number of rotatable bonds is 5. The lowest BCUT2D eigenvalue weighted by Gasteiger charge is -2.25. The number of imidazole rings is 1. The third-order valence-electron chi connectivity index (χ3n) is 6.42. The van der Waals surface area contributed by atoms with Gasteiger partial charge in [0.25, 0.3) is 0 Å². The molecule has 0 fully saturated rings. The van der Waals surface area contributed by atoms with Gasteiger partial charge in [-0.2, -0.15) is 0 Å². The minimum Gasteiger partial charge on any atom is -0.341 e. The van der Waals surface area contributed by atoms with Crippen LogP contribution in [0.5, 0.6) is 0 Å². The fourth-order valence-corrected chi connectivity index (χ4v) is 3.82. The van der Waals surface area contributed by atoms with Gasteiger partial charge in [-0.25, -0.2) is 9.98 Å². The van der Waals surface area contributed by atoms with E-state index in [0.29, 0.717) is 6.54 Å². The van der Waals surface area contributed by atoms with Gasteiger partial charge in [-0.15, -0.1) is 0 Å². The smallest absolute Gasteiger partial charge is 0.141 e. The first kappa shape index (κ1) is 24.0. The Bertz CT molecular complexity index is 1200. The van der Waals surface area contributed by atoms with Crippen molar-refractivity contribution >= 4 is 11.5 Å². The van der Waals surface area contributed by atoms with E-state index in [1.165, 1.54) is 0 Å². The van der Waals surface area contributed by atoms with Crippen LogP contribution in [0.2, 0.25) is 0 Å². The summed E-state index contributed by atoms with van der Waals surface area (Å²) in [5.41, 5.74) is 19.0. The molecule has 0 radical (unpaired) electrons. The molecule has 1 aromatic heterocycles. The Morgan fingerprint density at radius 3 is 1.76 bits per heavy atom. The van der Waals surface area contributed by atoms with Crippen molar-refractivity contribution in [2.75, 3.05) is 6.54 Å². The lowest BCUT2D eigenvalue weighted by atomic mass is 9.87. The average molecular weight is 457 g/mol. The standard InChI is InChI=1S/C28H36N6/c1-27(2,3)23(29)25-31-15-21(33-25)19-11-7-17(8-12-19)18-9-13-20(14-10-18)22-16-32-26(34-22)24(30)28(4,5)6/h7-15,23-24H,16,29-30H2,1-6H3,(H,31,33)/t23-,24-/m1/s1. The molecule has 0 saturated heterocycles. The van der Waals surface area contributed by atoms with Gasteiger partial charge in [-0.05, 0) is 33.1 Å². The predicted octanol–water partition coefficient (Wildman–Crippen LogP) is 5.36. The number of aromatic nitrogens is 2. The number of benzene rings is 2. The van der Waals surface area contributed by atoms with Crippen LogP contribution in [0.1, 0.15) is 59.0 Å². The molecule has 2 atom stereocenters. The Kier molecular flexibility index (Phi) is 6.32. The second-order valence-electron chi connectivity index (χ2n) is 11.3. The van der Waals surface area contributed by atoms with Gasteiger partial charge in [0.1, 0.15) is 11.7 Å². The Labute approximate surface area is 202 Å². The Hall–Kier alpha value is -3.09. The minimum absolute atomic E-state index is 0.0541. The number of nitrogens with two attached hydrogens (primary N) is 2. The van der Waals surface area contributed by atoms with E-state index >= 15 is 0 Å². The number of nitrogens with one attached hydrogen (secondary N) is 1. The van der Waals surface area contributed by atoms with Crippen LogP contribution in [0.15, 0.2) is 64.7 Å². The van der Waals surface area contributed by atoms with Gasteiger partial charge in [-0.3, -0.25) is 4.99 Å². The first-order valence-electron chi connectivity index (χ1n) is 11.8. The van der Waals surface area contributed by atoms with E-state index < -0.39 is 0 Å². The zero-order chi connectivity index (χ0) is 24.7. The summed E-state index contributed by atoms with van der Waals surface area (Å²) in [6.45, 7) is 13.3.